The number of benzene rings is 3. The van der Waals surface area contributed by atoms with Gasteiger partial charge in [-0.25, -0.2) is 4.79 Å². The predicted octanol–water partition coefficient (Wildman–Crippen LogP) is 6.73. The number of pyridine rings is 1. The lowest BCUT2D eigenvalue weighted by Gasteiger charge is -2.22. The van der Waals surface area contributed by atoms with Gasteiger partial charge < -0.3 is 10.1 Å². The van der Waals surface area contributed by atoms with Crippen molar-refractivity contribution in [2.75, 3.05) is 7.11 Å². The Morgan fingerprint density at radius 1 is 1.03 bits per heavy atom. The molecule has 1 N–H and O–H groups in total. The third-order valence-electron chi connectivity index (χ3n) is 7.19. The van der Waals surface area contributed by atoms with Gasteiger partial charge in [0.2, 0.25) is 0 Å². The quantitative estimate of drug-likeness (QED) is 0.322. The van der Waals surface area contributed by atoms with Crippen molar-refractivity contribution in [2.24, 2.45) is 0 Å². The summed E-state index contributed by atoms with van der Waals surface area (Å²) in [4.78, 5) is 17.4. The van der Waals surface area contributed by atoms with E-state index in [0.29, 0.717) is 12.1 Å². The lowest BCUT2D eigenvalue weighted by Crippen LogP contribution is -2.20. The molecule has 0 spiro atoms. The first-order chi connectivity index (χ1) is 17.0. The van der Waals surface area contributed by atoms with Crippen LogP contribution in [0, 0.1) is 6.92 Å². The summed E-state index contributed by atoms with van der Waals surface area (Å²) < 4.78 is 5.02. The summed E-state index contributed by atoms with van der Waals surface area (Å²) in [5, 5.41) is 6.24. The highest BCUT2D eigenvalue weighted by Gasteiger charge is 2.20. The van der Waals surface area contributed by atoms with Gasteiger partial charge in [0.25, 0.3) is 0 Å². The number of esters is 1. The van der Waals surface area contributed by atoms with E-state index in [2.05, 4.69) is 66.8 Å². The summed E-state index contributed by atoms with van der Waals surface area (Å²) >= 11 is 0. The summed E-state index contributed by atoms with van der Waals surface area (Å²) in [5.41, 5.74) is 8.64. The SMILES string of the molecule is COC(=O)c1cc(-c2cc(CN[C@H](C)c3cccc4ccccc34)nc3c2CCCC3)ccc1C. The number of methoxy groups -OCH3 is 1. The lowest BCUT2D eigenvalue weighted by atomic mass is 9.88. The van der Waals surface area contributed by atoms with Gasteiger partial charge in [0, 0.05) is 18.3 Å². The number of hydrogen-bond acceptors (Lipinski definition) is 4. The molecule has 0 amide bonds. The number of hydrogen-bond donors (Lipinski definition) is 1. The zero-order valence-electron chi connectivity index (χ0n) is 20.7. The van der Waals surface area contributed by atoms with E-state index in [1.165, 1.54) is 53.1 Å². The van der Waals surface area contributed by atoms with Crippen LogP contribution in [0.1, 0.15) is 64.2 Å². The molecule has 178 valence electrons. The first-order valence-corrected chi connectivity index (χ1v) is 12.5. The zero-order chi connectivity index (χ0) is 24.4. The van der Waals surface area contributed by atoms with Crippen molar-refractivity contribution in [3.05, 3.63) is 100 Å². The molecule has 0 saturated heterocycles. The number of aryl methyl sites for hydroxylation is 2. The number of aromatic nitrogens is 1. The number of carbonyl (C=O) groups excluding carboxylic acids is 1. The number of nitrogens with zero attached hydrogens (tertiary/aromatic N) is 1. The molecule has 0 bridgehead atoms. The predicted molar refractivity (Wildman–Crippen MR) is 142 cm³/mol. The fourth-order valence-electron chi connectivity index (χ4n) is 5.23. The fraction of sp³-hybridized carbons (Fsp3) is 0.290. The van der Waals surface area contributed by atoms with Crippen molar-refractivity contribution in [1.29, 1.82) is 0 Å². The summed E-state index contributed by atoms with van der Waals surface area (Å²) in [5.74, 6) is -0.293. The largest absolute Gasteiger partial charge is 0.465 e. The summed E-state index contributed by atoms with van der Waals surface area (Å²) in [6, 6.07) is 23.5. The van der Waals surface area contributed by atoms with Crippen molar-refractivity contribution in [3.63, 3.8) is 0 Å². The second kappa shape index (κ2) is 10.0. The molecule has 0 fully saturated rings. The van der Waals surface area contributed by atoms with Gasteiger partial charge in [0.05, 0.1) is 18.4 Å². The highest BCUT2D eigenvalue weighted by molar-refractivity contribution is 5.93. The normalized spacial score (nSPS) is 13.9. The Bertz CT molecular complexity index is 1390. The van der Waals surface area contributed by atoms with E-state index in [4.69, 9.17) is 9.72 Å². The van der Waals surface area contributed by atoms with Gasteiger partial charge in [0.1, 0.15) is 0 Å². The average Bonchev–Trinajstić information content (AvgIpc) is 2.90. The molecule has 1 heterocycles. The summed E-state index contributed by atoms with van der Waals surface area (Å²) in [7, 11) is 1.43. The summed E-state index contributed by atoms with van der Waals surface area (Å²) in [6.07, 6.45) is 4.38. The van der Waals surface area contributed by atoms with Crippen molar-refractivity contribution in [2.45, 2.75) is 52.1 Å². The van der Waals surface area contributed by atoms with Crippen molar-refractivity contribution >= 4 is 16.7 Å². The van der Waals surface area contributed by atoms with E-state index < -0.39 is 0 Å². The topological polar surface area (TPSA) is 51.2 Å². The van der Waals surface area contributed by atoms with Crippen LogP contribution >= 0.6 is 0 Å². The number of ether oxygens (including phenoxy) is 1. The van der Waals surface area contributed by atoms with E-state index in [0.717, 1.165) is 29.7 Å². The monoisotopic (exact) mass is 464 g/mol. The van der Waals surface area contributed by atoms with Crippen molar-refractivity contribution < 1.29 is 9.53 Å². The summed E-state index contributed by atoms with van der Waals surface area (Å²) in [6.45, 7) is 4.84. The van der Waals surface area contributed by atoms with Gasteiger partial charge in [-0.1, -0.05) is 54.6 Å². The molecule has 4 heteroatoms. The Hall–Kier alpha value is -3.50. The molecule has 1 aliphatic carbocycles. The molecule has 0 aliphatic heterocycles. The minimum absolute atomic E-state index is 0.188. The Morgan fingerprint density at radius 2 is 1.83 bits per heavy atom. The van der Waals surface area contributed by atoms with Crippen LogP contribution in [-0.4, -0.2) is 18.1 Å². The highest BCUT2D eigenvalue weighted by Crippen LogP contribution is 2.33. The molecule has 35 heavy (non-hydrogen) atoms. The minimum Gasteiger partial charge on any atom is -0.465 e. The number of nitrogens with one attached hydrogen (secondary N) is 1. The van der Waals surface area contributed by atoms with Gasteiger partial charge in [-0.05, 0) is 90.3 Å². The molecular formula is C31H32N2O2. The van der Waals surface area contributed by atoms with Crippen molar-refractivity contribution in [3.8, 4) is 11.1 Å². The molecule has 5 rings (SSSR count). The van der Waals surface area contributed by atoms with Gasteiger partial charge in [-0.2, -0.15) is 0 Å². The minimum atomic E-state index is -0.293. The third kappa shape index (κ3) is 4.71. The first-order valence-electron chi connectivity index (χ1n) is 12.5. The van der Waals surface area contributed by atoms with E-state index in [1.54, 1.807) is 0 Å². The Balaban J connectivity index is 1.47. The first kappa shape index (κ1) is 23.3. The van der Waals surface area contributed by atoms with Gasteiger partial charge >= 0.3 is 5.97 Å². The molecular weight excluding hydrogens is 432 g/mol. The maximum atomic E-state index is 12.3. The highest BCUT2D eigenvalue weighted by atomic mass is 16.5. The van der Waals surface area contributed by atoms with Crippen LogP contribution < -0.4 is 5.32 Å². The van der Waals surface area contributed by atoms with E-state index in [-0.39, 0.29) is 12.0 Å². The van der Waals surface area contributed by atoms with E-state index in [9.17, 15) is 4.79 Å². The second-order valence-electron chi connectivity index (χ2n) is 9.49. The molecule has 1 aliphatic rings. The van der Waals surface area contributed by atoms with Crippen LogP contribution in [0.2, 0.25) is 0 Å². The maximum Gasteiger partial charge on any atom is 0.338 e. The standard InChI is InChI=1S/C31H32N2O2/c1-20-15-16-23(17-28(20)31(34)35-3)29-18-24(33-30-14-7-6-12-27(29)30)19-32-21(2)25-13-8-10-22-9-4-5-11-26(22)25/h4-5,8-11,13,15-18,21,32H,6-7,12,14,19H2,1-3H3/t21-/m1/s1. The van der Waals surface area contributed by atoms with E-state index >= 15 is 0 Å². The van der Waals surface area contributed by atoms with E-state index in [1.807, 2.05) is 19.1 Å². The van der Waals surface area contributed by atoms with Crippen LogP contribution in [0.5, 0.6) is 0 Å². The molecule has 4 nitrogen and oxygen atoms in total. The third-order valence-corrected chi connectivity index (χ3v) is 7.19. The van der Waals surface area contributed by atoms with Crippen LogP contribution in [0.25, 0.3) is 21.9 Å². The Kier molecular flexibility index (Phi) is 6.65. The molecule has 1 aromatic heterocycles. The Morgan fingerprint density at radius 3 is 2.69 bits per heavy atom. The zero-order valence-corrected chi connectivity index (χ0v) is 20.7. The molecule has 0 saturated carbocycles. The van der Waals surface area contributed by atoms with Crippen LogP contribution in [0.3, 0.4) is 0 Å². The molecule has 3 aromatic carbocycles. The Labute approximate surface area is 207 Å². The second-order valence-corrected chi connectivity index (χ2v) is 9.49. The van der Waals surface area contributed by atoms with Gasteiger partial charge in [-0.3, -0.25) is 4.98 Å². The number of carbonyl (C=O) groups is 1. The van der Waals surface area contributed by atoms with Crippen LogP contribution in [-0.2, 0) is 24.1 Å². The molecule has 4 aromatic rings. The molecule has 1 atom stereocenters. The smallest absolute Gasteiger partial charge is 0.338 e. The lowest BCUT2D eigenvalue weighted by molar-refractivity contribution is 0.0600. The van der Waals surface area contributed by atoms with Gasteiger partial charge in [0.15, 0.2) is 0 Å². The van der Waals surface area contributed by atoms with Crippen LogP contribution in [0.15, 0.2) is 66.7 Å². The fourth-order valence-corrected chi connectivity index (χ4v) is 5.23. The number of fused-ring (bicyclic) bond motifs is 2. The average molecular weight is 465 g/mol. The van der Waals surface area contributed by atoms with Crippen molar-refractivity contribution in [1.82, 2.24) is 10.3 Å². The van der Waals surface area contributed by atoms with Crippen LogP contribution in [0.4, 0.5) is 0 Å². The number of rotatable bonds is 6. The molecule has 0 unspecified atom stereocenters. The maximum absolute atomic E-state index is 12.3. The van der Waals surface area contributed by atoms with Gasteiger partial charge in [-0.15, -0.1) is 0 Å². The molecule has 0 radical (unpaired) electrons.